The van der Waals surface area contributed by atoms with E-state index in [0.29, 0.717) is 6.04 Å². The van der Waals surface area contributed by atoms with Crippen molar-refractivity contribution in [2.45, 2.75) is 32.9 Å². The molecule has 1 rings (SSSR count). The Bertz CT molecular complexity index is 282. The molecule has 0 aliphatic rings. The molecule has 0 aliphatic carbocycles. The highest BCUT2D eigenvalue weighted by atomic mass is 35.5. The molecule has 4 heteroatoms. The van der Waals surface area contributed by atoms with E-state index in [2.05, 4.69) is 19.2 Å². The fraction of sp³-hybridized carbons (Fsp3) is 0.455. The lowest BCUT2D eigenvalue weighted by Crippen LogP contribution is -2.24. The van der Waals surface area contributed by atoms with Crippen molar-refractivity contribution in [3.63, 3.8) is 0 Å². The molecule has 1 aromatic carbocycles. The third kappa shape index (κ3) is 4.60. The van der Waals surface area contributed by atoms with Gasteiger partial charge in [0, 0.05) is 28.2 Å². The van der Waals surface area contributed by atoms with Crippen molar-refractivity contribution in [2.24, 2.45) is 0 Å². The Labute approximate surface area is 108 Å². The third-order valence-corrected chi connectivity index (χ3v) is 3.01. The van der Waals surface area contributed by atoms with Gasteiger partial charge in [0.2, 0.25) is 0 Å². The number of halogens is 3. The molecule has 1 atom stereocenters. The molecule has 0 fully saturated rings. The normalized spacial score (nSPS) is 12.0. The van der Waals surface area contributed by atoms with Crippen molar-refractivity contribution in [2.75, 3.05) is 0 Å². The van der Waals surface area contributed by atoms with Crippen LogP contribution in [0.25, 0.3) is 0 Å². The van der Waals surface area contributed by atoms with Gasteiger partial charge in [-0.05, 0) is 25.5 Å². The molecule has 0 aromatic heterocycles. The van der Waals surface area contributed by atoms with Gasteiger partial charge in [-0.1, -0.05) is 36.2 Å². The number of nitrogens with one attached hydrogen (secondary N) is 1. The summed E-state index contributed by atoms with van der Waals surface area (Å²) >= 11 is 12.1. The average molecular weight is 269 g/mol. The Hall–Kier alpha value is 0.0500. The van der Waals surface area contributed by atoms with Crippen LogP contribution in [-0.2, 0) is 6.54 Å². The number of rotatable bonds is 4. The molecule has 0 radical (unpaired) electrons. The molecule has 0 heterocycles. The molecule has 0 saturated heterocycles. The minimum atomic E-state index is 0. The highest BCUT2D eigenvalue weighted by molar-refractivity contribution is 6.35. The van der Waals surface area contributed by atoms with E-state index >= 15 is 0 Å². The van der Waals surface area contributed by atoms with Crippen LogP contribution in [0.3, 0.4) is 0 Å². The second-order valence-electron chi connectivity index (χ2n) is 3.39. The molecule has 15 heavy (non-hydrogen) atoms. The van der Waals surface area contributed by atoms with Gasteiger partial charge >= 0.3 is 0 Å². The SMILES string of the molecule is CCC(C)NCc1c(Cl)cccc1Cl.Cl. The maximum atomic E-state index is 6.03. The molecular formula is C11H16Cl3N. The van der Waals surface area contributed by atoms with Crippen molar-refractivity contribution < 1.29 is 0 Å². The summed E-state index contributed by atoms with van der Waals surface area (Å²) in [7, 11) is 0. The van der Waals surface area contributed by atoms with E-state index in [9.17, 15) is 0 Å². The van der Waals surface area contributed by atoms with Crippen LogP contribution in [-0.4, -0.2) is 6.04 Å². The van der Waals surface area contributed by atoms with Crippen molar-refractivity contribution in [1.82, 2.24) is 5.32 Å². The molecule has 0 spiro atoms. The van der Waals surface area contributed by atoms with Gasteiger partial charge in [0.05, 0.1) is 0 Å². The van der Waals surface area contributed by atoms with Crippen LogP contribution in [0, 0.1) is 0 Å². The average Bonchev–Trinajstić information content (AvgIpc) is 2.16. The molecule has 0 saturated carbocycles. The molecule has 0 aliphatic heterocycles. The van der Waals surface area contributed by atoms with E-state index in [1.165, 1.54) is 0 Å². The van der Waals surface area contributed by atoms with E-state index in [0.717, 1.165) is 28.6 Å². The van der Waals surface area contributed by atoms with Crippen LogP contribution in [0.15, 0.2) is 18.2 Å². The fourth-order valence-electron chi connectivity index (χ4n) is 1.12. The second-order valence-corrected chi connectivity index (χ2v) is 4.20. The highest BCUT2D eigenvalue weighted by Crippen LogP contribution is 2.23. The van der Waals surface area contributed by atoms with Crippen LogP contribution in [0.5, 0.6) is 0 Å². The summed E-state index contributed by atoms with van der Waals surface area (Å²) in [5.41, 5.74) is 0.983. The zero-order chi connectivity index (χ0) is 10.6. The van der Waals surface area contributed by atoms with E-state index in [4.69, 9.17) is 23.2 Å². The standard InChI is InChI=1S/C11H15Cl2N.ClH/c1-3-8(2)14-7-9-10(12)5-4-6-11(9)13;/h4-6,8,14H,3,7H2,1-2H3;1H. The van der Waals surface area contributed by atoms with Gasteiger partial charge in [0.25, 0.3) is 0 Å². The minimum absolute atomic E-state index is 0. The molecule has 1 nitrogen and oxygen atoms in total. The molecule has 1 N–H and O–H groups in total. The zero-order valence-electron chi connectivity index (χ0n) is 8.89. The minimum Gasteiger partial charge on any atom is -0.310 e. The molecule has 1 aromatic rings. The van der Waals surface area contributed by atoms with E-state index < -0.39 is 0 Å². The molecule has 1 unspecified atom stereocenters. The summed E-state index contributed by atoms with van der Waals surface area (Å²) in [6, 6.07) is 6.07. The number of hydrogen-bond acceptors (Lipinski definition) is 1. The maximum Gasteiger partial charge on any atom is 0.0465 e. The second kappa shape index (κ2) is 7.34. The Balaban J connectivity index is 0.00000196. The monoisotopic (exact) mass is 267 g/mol. The first-order chi connectivity index (χ1) is 6.65. The van der Waals surface area contributed by atoms with E-state index in [1.54, 1.807) is 0 Å². The van der Waals surface area contributed by atoms with Gasteiger partial charge in [-0.25, -0.2) is 0 Å². The predicted molar refractivity (Wildman–Crippen MR) is 70.3 cm³/mol. The van der Waals surface area contributed by atoms with Crippen LogP contribution in [0.2, 0.25) is 10.0 Å². The summed E-state index contributed by atoms with van der Waals surface area (Å²) in [4.78, 5) is 0. The summed E-state index contributed by atoms with van der Waals surface area (Å²) in [5, 5.41) is 4.82. The summed E-state index contributed by atoms with van der Waals surface area (Å²) < 4.78 is 0. The van der Waals surface area contributed by atoms with Gasteiger partial charge in [-0.15, -0.1) is 12.4 Å². The lowest BCUT2D eigenvalue weighted by Gasteiger charge is -2.13. The predicted octanol–water partition coefficient (Wildman–Crippen LogP) is 4.30. The first kappa shape index (κ1) is 15.0. The van der Waals surface area contributed by atoms with Crippen molar-refractivity contribution >= 4 is 35.6 Å². The van der Waals surface area contributed by atoms with Crippen molar-refractivity contribution in [3.8, 4) is 0 Å². The third-order valence-electron chi connectivity index (χ3n) is 2.30. The lowest BCUT2D eigenvalue weighted by atomic mass is 10.2. The summed E-state index contributed by atoms with van der Waals surface area (Å²) in [5.74, 6) is 0. The van der Waals surface area contributed by atoms with E-state index in [-0.39, 0.29) is 12.4 Å². The summed E-state index contributed by atoms with van der Waals surface area (Å²) in [6.07, 6.45) is 1.10. The smallest absolute Gasteiger partial charge is 0.0465 e. The van der Waals surface area contributed by atoms with Gasteiger partial charge in [0.15, 0.2) is 0 Å². The van der Waals surface area contributed by atoms with Gasteiger partial charge in [-0.2, -0.15) is 0 Å². The first-order valence-corrected chi connectivity index (χ1v) is 5.57. The van der Waals surface area contributed by atoms with Gasteiger partial charge in [-0.3, -0.25) is 0 Å². The van der Waals surface area contributed by atoms with Crippen LogP contribution < -0.4 is 5.32 Å². The van der Waals surface area contributed by atoms with Gasteiger partial charge in [0.1, 0.15) is 0 Å². The molecular weight excluding hydrogens is 252 g/mol. The van der Waals surface area contributed by atoms with Crippen LogP contribution >= 0.6 is 35.6 Å². The Kier molecular flexibility index (Phi) is 7.37. The number of hydrogen-bond donors (Lipinski definition) is 1. The Morgan fingerprint density at radius 2 is 1.80 bits per heavy atom. The van der Waals surface area contributed by atoms with E-state index in [1.807, 2.05) is 18.2 Å². The highest BCUT2D eigenvalue weighted by Gasteiger charge is 2.05. The maximum absolute atomic E-state index is 6.03. The Morgan fingerprint density at radius 1 is 1.27 bits per heavy atom. The number of benzene rings is 1. The van der Waals surface area contributed by atoms with Crippen molar-refractivity contribution in [1.29, 1.82) is 0 Å². The Morgan fingerprint density at radius 3 is 2.27 bits per heavy atom. The zero-order valence-corrected chi connectivity index (χ0v) is 11.2. The van der Waals surface area contributed by atoms with Crippen molar-refractivity contribution in [3.05, 3.63) is 33.8 Å². The summed E-state index contributed by atoms with van der Waals surface area (Å²) in [6.45, 7) is 5.02. The molecule has 0 amide bonds. The largest absolute Gasteiger partial charge is 0.310 e. The topological polar surface area (TPSA) is 12.0 Å². The van der Waals surface area contributed by atoms with Gasteiger partial charge < -0.3 is 5.32 Å². The van der Waals surface area contributed by atoms with Crippen LogP contribution in [0.4, 0.5) is 0 Å². The lowest BCUT2D eigenvalue weighted by molar-refractivity contribution is 0.534. The fourth-order valence-corrected chi connectivity index (χ4v) is 1.65. The molecule has 86 valence electrons. The van der Waals surface area contributed by atoms with Crippen LogP contribution in [0.1, 0.15) is 25.8 Å². The first-order valence-electron chi connectivity index (χ1n) is 4.81. The quantitative estimate of drug-likeness (QED) is 0.858. The molecule has 0 bridgehead atoms.